The Morgan fingerprint density at radius 2 is 1.38 bits per heavy atom. The number of benzene rings is 2. The number of aromatic carboxylic acids is 2. The van der Waals surface area contributed by atoms with Crippen molar-refractivity contribution in [3.8, 4) is 11.5 Å². The second-order valence-electron chi connectivity index (χ2n) is 5.23. The minimum Gasteiger partial charge on any atom is -0.507 e. The van der Waals surface area contributed by atoms with Gasteiger partial charge in [0.1, 0.15) is 22.6 Å². The Labute approximate surface area is 139 Å². The molecule has 0 saturated carbocycles. The number of carboxylic acids is 2. The SMILES string of the molecule is CCCc1ccc(C(=O)O)c(O)c1.Cc1ccc(C(=O)O)c(O)c1. The van der Waals surface area contributed by atoms with Crippen molar-refractivity contribution in [2.24, 2.45) is 0 Å². The van der Waals surface area contributed by atoms with Gasteiger partial charge in [0.25, 0.3) is 0 Å². The molecule has 0 bridgehead atoms. The van der Waals surface area contributed by atoms with Gasteiger partial charge in [-0.25, -0.2) is 9.59 Å². The Kier molecular flexibility index (Phi) is 6.79. The number of aryl methyl sites for hydroxylation is 2. The van der Waals surface area contributed by atoms with Crippen LogP contribution in [0.1, 0.15) is 45.2 Å². The number of carbonyl (C=O) groups is 2. The summed E-state index contributed by atoms with van der Waals surface area (Å²) in [5, 5.41) is 35.5. The lowest BCUT2D eigenvalue weighted by Crippen LogP contribution is -1.97. The zero-order valence-electron chi connectivity index (χ0n) is 13.5. The molecule has 2 rings (SSSR count). The zero-order chi connectivity index (χ0) is 18.3. The van der Waals surface area contributed by atoms with Gasteiger partial charge < -0.3 is 20.4 Å². The van der Waals surface area contributed by atoms with Crippen LogP contribution in [-0.4, -0.2) is 32.4 Å². The van der Waals surface area contributed by atoms with E-state index in [9.17, 15) is 14.7 Å². The Bertz CT molecular complexity index is 736. The van der Waals surface area contributed by atoms with Crippen LogP contribution in [0.4, 0.5) is 0 Å². The third-order valence-corrected chi connectivity index (χ3v) is 3.21. The van der Waals surface area contributed by atoms with Crippen LogP contribution >= 0.6 is 0 Å². The molecule has 0 aliphatic carbocycles. The molecular formula is C18H20O6. The Balaban J connectivity index is 0.000000243. The van der Waals surface area contributed by atoms with E-state index in [0.717, 1.165) is 24.0 Å². The fraction of sp³-hybridized carbons (Fsp3) is 0.222. The Morgan fingerprint density at radius 1 is 0.875 bits per heavy atom. The lowest BCUT2D eigenvalue weighted by atomic mass is 10.1. The van der Waals surface area contributed by atoms with Crippen LogP contribution in [0.25, 0.3) is 0 Å². The molecule has 0 aliphatic heterocycles. The summed E-state index contributed by atoms with van der Waals surface area (Å²) in [5.74, 6) is -2.54. The molecule has 24 heavy (non-hydrogen) atoms. The summed E-state index contributed by atoms with van der Waals surface area (Å²) >= 11 is 0. The molecule has 0 aromatic heterocycles. The second kappa shape index (κ2) is 8.57. The smallest absolute Gasteiger partial charge is 0.339 e. The number of hydrogen-bond donors (Lipinski definition) is 4. The van der Waals surface area contributed by atoms with Crippen molar-refractivity contribution in [3.05, 3.63) is 58.7 Å². The normalized spacial score (nSPS) is 9.75. The van der Waals surface area contributed by atoms with Crippen LogP contribution in [0.5, 0.6) is 11.5 Å². The average Bonchev–Trinajstić information content (AvgIpc) is 2.47. The van der Waals surface area contributed by atoms with Crippen molar-refractivity contribution in [3.63, 3.8) is 0 Å². The highest BCUT2D eigenvalue weighted by Gasteiger charge is 2.09. The van der Waals surface area contributed by atoms with Gasteiger partial charge in [-0.2, -0.15) is 0 Å². The molecule has 0 heterocycles. The third kappa shape index (κ3) is 5.31. The molecule has 2 aromatic rings. The fourth-order valence-corrected chi connectivity index (χ4v) is 2.02. The van der Waals surface area contributed by atoms with E-state index in [-0.39, 0.29) is 22.6 Å². The zero-order valence-corrected chi connectivity index (χ0v) is 13.5. The van der Waals surface area contributed by atoms with Gasteiger partial charge in [-0.3, -0.25) is 0 Å². The molecule has 6 heteroatoms. The molecule has 128 valence electrons. The largest absolute Gasteiger partial charge is 0.507 e. The van der Waals surface area contributed by atoms with Gasteiger partial charge in [-0.15, -0.1) is 0 Å². The predicted octanol–water partition coefficient (Wildman–Crippen LogP) is 3.44. The van der Waals surface area contributed by atoms with Crippen molar-refractivity contribution in [1.29, 1.82) is 0 Å². The summed E-state index contributed by atoms with van der Waals surface area (Å²) in [5.41, 5.74) is 1.70. The van der Waals surface area contributed by atoms with Gasteiger partial charge in [-0.1, -0.05) is 25.5 Å². The van der Waals surface area contributed by atoms with Crippen LogP contribution in [0.2, 0.25) is 0 Å². The van der Waals surface area contributed by atoms with Crippen LogP contribution < -0.4 is 0 Å². The van der Waals surface area contributed by atoms with E-state index in [4.69, 9.17) is 15.3 Å². The highest BCUT2D eigenvalue weighted by molar-refractivity contribution is 5.91. The summed E-state index contributed by atoms with van der Waals surface area (Å²) in [6.45, 7) is 3.81. The molecule has 2 aromatic carbocycles. The Hall–Kier alpha value is -3.02. The number of hydrogen-bond acceptors (Lipinski definition) is 4. The van der Waals surface area contributed by atoms with Crippen LogP contribution in [0.3, 0.4) is 0 Å². The van der Waals surface area contributed by atoms with Crippen molar-refractivity contribution in [2.45, 2.75) is 26.7 Å². The molecular weight excluding hydrogens is 312 g/mol. The summed E-state index contributed by atoms with van der Waals surface area (Å²) in [6.07, 6.45) is 1.83. The maximum Gasteiger partial charge on any atom is 0.339 e. The molecule has 0 unspecified atom stereocenters. The van der Waals surface area contributed by atoms with Crippen molar-refractivity contribution < 1.29 is 30.0 Å². The first kappa shape index (κ1) is 19.0. The fourth-order valence-electron chi connectivity index (χ4n) is 2.02. The summed E-state index contributed by atoms with van der Waals surface area (Å²) in [6, 6.07) is 9.11. The molecule has 0 fully saturated rings. The maximum atomic E-state index is 10.5. The first-order valence-electron chi connectivity index (χ1n) is 7.34. The molecule has 0 amide bonds. The number of phenols is 2. The molecule has 0 saturated heterocycles. The summed E-state index contributed by atoms with van der Waals surface area (Å²) < 4.78 is 0. The highest BCUT2D eigenvalue weighted by Crippen LogP contribution is 2.19. The first-order chi connectivity index (χ1) is 11.3. The molecule has 6 nitrogen and oxygen atoms in total. The Morgan fingerprint density at radius 3 is 1.79 bits per heavy atom. The van der Waals surface area contributed by atoms with Gasteiger partial charge >= 0.3 is 11.9 Å². The second-order valence-corrected chi connectivity index (χ2v) is 5.23. The molecule has 0 aliphatic rings. The minimum absolute atomic E-state index is 0.0418. The number of rotatable bonds is 4. The van der Waals surface area contributed by atoms with Gasteiger partial charge in [0.2, 0.25) is 0 Å². The number of carboxylic acid groups (broad SMARTS) is 2. The molecule has 0 atom stereocenters. The van der Waals surface area contributed by atoms with Crippen LogP contribution in [0, 0.1) is 6.92 Å². The molecule has 0 radical (unpaired) electrons. The van der Waals surface area contributed by atoms with E-state index in [1.54, 1.807) is 19.1 Å². The predicted molar refractivity (Wildman–Crippen MR) is 88.9 cm³/mol. The van der Waals surface area contributed by atoms with Gasteiger partial charge in [0.05, 0.1) is 0 Å². The van der Waals surface area contributed by atoms with Crippen molar-refractivity contribution in [2.75, 3.05) is 0 Å². The lowest BCUT2D eigenvalue weighted by Gasteiger charge is -2.02. The van der Waals surface area contributed by atoms with Gasteiger partial charge in [-0.05, 0) is 48.7 Å². The summed E-state index contributed by atoms with van der Waals surface area (Å²) in [4.78, 5) is 20.9. The minimum atomic E-state index is -1.11. The third-order valence-electron chi connectivity index (χ3n) is 3.21. The van der Waals surface area contributed by atoms with Crippen molar-refractivity contribution in [1.82, 2.24) is 0 Å². The lowest BCUT2D eigenvalue weighted by molar-refractivity contribution is 0.0682. The first-order valence-corrected chi connectivity index (χ1v) is 7.34. The molecule has 0 spiro atoms. The van der Waals surface area contributed by atoms with Crippen LogP contribution in [0.15, 0.2) is 36.4 Å². The topological polar surface area (TPSA) is 115 Å². The quantitative estimate of drug-likeness (QED) is 0.682. The number of aromatic hydroxyl groups is 2. The standard InChI is InChI=1S/C10H12O3.C8H8O3/c1-2-3-7-4-5-8(10(12)13)9(11)6-7;1-5-2-3-6(8(10)11)7(9)4-5/h4-6,11H,2-3H2,1H3,(H,12,13);2-4,9H,1H3,(H,10,11). The average molecular weight is 332 g/mol. The van der Waals surface area contributed by atoms with Gasteiger partial charge in [0.15, 0.2) is 0 Å². The summed E-state index contributed by atoms with van der Waals surface area (Å²) in [7, 11) is 0. The van der Waals surface area contributed by atoms with E-state index in [1.807, 2.05) is 6.92 Å². The van der Waals surface area contributed by atoms with Crippen molar-refractivity contribution >= 4 is 11.9 Å². The van der Waals surface area contributed by atoms with E-state index < -0.39 is 11.9 Å². The monoisotopic (exact) mass is 332 g/mol. The van der Waals surface area contributed by atoms with E-state index >= 15 is 0 Å². The van der Waals surface area contributed by atoms with Crippen LogP contribution in [-0.2, 0) is 6.42 Å². The maximum absolute atomic E-state index is 10.5. The van der Waals surface area contributed by atoms with E-state index in [1.165, 1.54) is 24.3 Å². The van der Waals surface area contributed by atoms with E-state index in [0.29, 0.717) is 0 Å². The molecule has 4 N–H and O–H groups in total. The van der Waals surface area contributed by atoms with E-state index in [2.05, 4.69) is 0 Å². The highest BCUT2D eigenvalue weighted by atomic mass is 16.4. The van der Waals surface area contributed by atoms with Gasteiger partial charge in [0, 0.05) is 0 Å².